The topological polar surface area (TPSA) is 55.1 Å². The second-order valence-electron chi connectivity index (χ2n) is 8.41. The number of methoxy groups -OCH3 is 1. The molecule has 3 rings (SSSR count). The lowest BCUT2D eigenvalue weighted by Crippen LogP contribution is -1.99. The summed E-state index contributed by atoms with van der Waals surface area (Å²) >= 11 is 0. The lowest BCUT2D eigenvalue weighted by molar-refractivity contribution is 0.304. The van der Waals surface area contributed by atoms with Crippen molar-refractivity contribution >= 4 is 0 Å². The highest BCUT2D eigenvalue weighted by Crippen LogP contribution is 2.34. The number of hydrogen-bond acceptors (Lipinski definition) is 4. The van der Waals surface area contributed by atoms with Gasteiger partial charge in [-0.25, -0.2) is 9.37 Å². The molecule has 0 saturated heterocycles. The van der Waals surface area contributed by atoms with E-state index < -0.39 is 0 Å². The van der Waals surface area contributed by atoms with Gasteiger partial charge in [-0.05, 0) is 54.4 Å². The first-order chi connectivity index (χ1) is 16.7. The normalized spacial score (nSPS) is 10.6. The van der Waals surface area contributed by atoms with E-state index in [4.69, 9.17) is 9.47 Å². The van der Waals surface area contributed by atoms with Crippen LogP contribution in [0.3, 0.4) is 0 Å². The minimum atomic E-state index is -0.328. The number of ether oxygens (including phenoxy) is 2. The predicted octanol–water partition coefficient (Wildman–Crippen LogP) is 7.95. The fraction of sp³-hybridized carbons (Fsp3) is 0.379. The second kappa shape index (κ2) is 13.3. The van der Waals surface area contributed by atoms with Crippen molar-refractivity contribution in [1.29, 1.82) is 5.26 Å². The number of pyridine rings is 1. The Hall–Kier alpha value is -3.39. The van der Waals surface area contributed by atoms with Crippen molar-refractivity contribution in [2.24, 2.45) is 0 Å². The van der Waals surface area contributed by atoms with Crippen LogP contribution in [0.2, 0.25) is 0 Å². The molecule has 0 atom stereocenters. The number of aromatic nitrogens is 1. The molecule has 34 heavy (non-hydrogen) atoms. The summed E-state index contributed by atoms with van der Waals surface area (Å²) in [6.45, 7) is 2.96. The Morgan fingerprint density at radius 2 is 1.47 bits per heavy atom. The molecule has 0 unspecified atom stereocenters. The molecule has 0 fully saturated rings. The highest BCUT2D eigenvalue weighted by Gasteiger charge is 2.16. The largest absolute Gasteiger partial charge is 0.494 e. The van der Waals surface area contributed by atoms with Gasteiger partial charge in [-0.2, -0.15) is 5.26 Å². The summed E-state index contributed by atoms with van der Waals surface area (Å²) in [6, 6.07) is 17.8. The Morgan fingerprint density at radius 1 is 0.853 bits per heavy atom. The first-order valence-corrected chi connectivity index (χ1v) is 12.1. The zero-order valence-electron chi connectivity index (χ0n) is 20.1. The van der Waals surface area contributed by atoms with Gasteiger partial charge in [0.15, 0.2) is 0 Å². The SMILES string of the molecule is CCCCCCCCCCOc1ccc(-c2cc(-c3ccc(F)cc3)c(C#N)c(OC)n2)cc1. The van der Waals surface area contributed by atoms with Gasteiger partial charge in [-0.3, -0.25) is 0 Å². The van der Waals surface area contributed by atoms with E-state index in [0.717, 1.165) is 23.3 Å². The molecule has 0 aliphatic heterocycles. The Morgan fingerprint density at radius 3 is 2.09 bits per heavy atom. The highest BCUT2D eigenvalue weighted by atomic mass is 19.1. The van der Waals surface area contributed by atoms with Crippen LogP contribution < -0.4 is 9.47 Å². The molecular formula is C29H33FN2O2. The van der Waals surface area contributed by atoms with Crippen molar-refractivity contribution in [2.45, 2.75) is 58.3 Å². The van der Waals surface area contributed by atoms with Crippen molar-refractivity contribution in [3.8, 4) is 40.1 Å². The minimum Gasteiger partial charge on any atom is -0.494 e. The Bertz CT molecular complexity index is 1070. The summed E-state index contributed by atoms with van der Waals surface area (Å²) in [5, 5.41) is 9.67. The molecule has 0 aliphatic carbocycles. The van der Waals surface area contributed by atoms with Crippen LogP contribution in [0.15, 0.2) is 54.6 Å². The van der Waals surface area contributed by atoms with Crippen molar-refractivity contribution in [1.82, 2.24) is 4.98 Å². The molecule has 0 spiro atoms. The van der Waals surface area contributed by atoms with Gasteiger partial charge < -0.3 is 9.47 Å². The zero-order chi connectivity index (χ0) is 24.2. The molecule has 1 heterocycles. The first kappa shape index (κ1) is 25.2. The van der Waals surface area contributed by atoms with E-state index in [1.807, 2.05) is 30.3 Å². The lowest BCUT2D eigenvalue weighted by Gasteiger charge is -2.12. The van der Waals surface area contributed by atoms with E-state index in [-0.39, 0.29) is 11.7 Å². The fourth-order valence-corrected chi connectivity index (χ4v) is 3.93. The molecule has 0 saturated carbocycles. The van der Waals surface area contributed by atoms with Gasteiger partial charge in [0.05, 0.1) is 19.4 Å². The van der Waals surface area contributed by atoms with Crippen LogP contribution in [-0.2, 0) is 0 Å². The van der Waals surface area contributed by atoms with Crippen molar-refractivity contribution in [3.05, 3.63) is 66.0 Å². The number of benzene rings is 2. The van der Waals surface area contributed by atoms with Gasteiger partial charge in [0, 0.05) is 11.1 Å². The molecule has 3 aromatic rings. The van der Waals surface area contributed by atoms with Crippen LogP contribution in [-0.4, -0.2) is 18.7 Å². The van der Waals surface area contributed by atoms with Crippen molar-refractivity contribution in [3.63, 3.8) is 0 Å². The summed E-state index contributed by atoms with van der Waals surface area (Å²) < 4.78 is 24.7. The summed E-state index contributed by atoms with van der Waals surface area (Å²) in [6.07, 6.45) is 10.2. The van der Waals surface area contributed by atoms with Crippen LogP contribution in [0.1, 0.15) is 63.9 Å². The zero-order valence-corrected chi connectivity index (χ0v) is 20.1. The maximum absolute atomic E-state index is 13.4. The fourth-order valence-electron chi connectivity index (χ4n) is 3.93. The summed E-state index contributed by atoms with van der Waals surface area (Å²) in [4.78, 5) is 4.53. The monoisotopic (exact) mass is 460 g/mol. The molecular weight excluding hydrogens is 427 g/mol. The lowest BCUT2D eigenvalue weighted by atomic mass is 9.98. The second-order valence-corrected chi connectivity index (χ2v) is 8.41. The molecule has 5 heteroatoms. The Kier molecular flexibility index (Phi) is 9.91. The molecule has 1 aromatic heterocycles. The van der Waals surface area contributed by atoms with Gasteiger partial charge in [0.1, 0.15) is 23.2 Å². The van der Waals surface area contributed by atoms with E-state index in [0.29, 0.717) is 23.4 Å². The predicted molar refractivity (Wildman–Crippen MR) is 134 cm³/mol. The average molecular weight is 461 g/mol. The van der Waals surface area contributed by atoms with Gasteiger partial charge in [-0.1, -0.05) is 64.0 Å². The number of hydrogen-bond donors (Lipinski definition) is 0. The van der Waals surface area contributed by atoms with Crippen LogP contribution in [0.25, 0.3) is 22.4 Å². The Labute approximate surface area is 202 Å². The molecule has 4 nitrogen and oxygen atoms in total. The van der Waals surface area contributed by atoms with Crippen molar-refractivity contribution in [2.75, 3.05) is 13.7 Å². The first-order valence-electron chi connectivity index (χ1n) is 12.1. The number of unbranched alkanes of at least 4 members (excludes halogenated alkanes) is 7. The number of halogens is 1. The van der Waals surface area contributed by atoms with Gasteiger partial charge in [-0.15, -0.1) is 0 Å². The standard InChI is InChI=1S/C29H33FN2O2/c1-3-4-5-6-7-8-9-10-19-34-25-17-13-23(14-18-25)28-20-26(22-11-15-24(30)16-12-22)27(21-31)29(32-28)33-2/h11-18,20H,3-10,19H2,1-2H3. The van der Waals surface area contributed by atoms with Gasteiger partial charge in [0.2, 0.25) is 5.88 Å². The molecule has 0 bridgehead atoms. The van der Waals surface area contributed by atoms with E-state index in [2.05, 4.69) is 18.0 Å². The van der Waals surface area contributed by atoms with Crippen molar-refractivity contribution < 1.29 is 13.9 Å². The Balaban J connectivity index is 1.64. The number of nitriles is 1. The van der Waals surface area contributed by atoms with E-state index >= 15 is 0 Å². The summed E-state index contributed by atoms with van der Waals surface area (Å²) in [5.41, 5.74) is 3.25. The third-order valence-corrected chi connectivity index (χ3v) is 5.86. The maximum atomic E-state index is 13.4. The number of nitrogens with zero attached hydrogens (tertiary/aromatic N) is 2. The smallest absolute Gasteiger partial charge is 0.232 e. The van der Waals surface area contributed by atoms with Crippen LogP contribution in [0.5, 0.6) is 11.6 Å². The molecule has 2 aromatic carbocycles. The van der Waals surface area contributed by atoms with Crippen LogP contribution in [0, 0.1) is 17.1 Å². The quantitative estimate of drug-likeness (QED) is 0.243. The molecule has 0 amide bonds. The van der Waals surface area contributed by atoms with Gasteiger partial charge >= 0.3 is 0 Å². The summed E-state index contributed by atoms with van der Waals surface area (Å²) in [5.74, 6) is 0.742. The summed E-state index contributed by atoms with van der Waals surface area (Å²) in [7, 11) is 1.49. The van der Waals surface area contributed by atoms with E-state index in [1.165, 1.54) is 64.2 Å². The van der Waals surface area contributed by atoms with E-state index in [9.17, 15) is 9.65 Å². The minimum absolute atomic E-state index is 0.245. The molecule has 0 N–H and O–H groups in total. The van der Waals surface area contributed by atoms with Crippen LogP contribution >= 0.6 is 0 Å². The third kappa shape index (κ3) is 7.05. The van der Waals surface area contributed by atoms with Crippen LogP contribution in [0.4, 0.5) is 4.39 Å². The molecule has 0 radical (unpaired) electrons. The third-order valence-electron chi connectivity index (χ3n) is 5.86. The maximum Gasteiger partial charge on any atom is 0.232 e. The molecule has 0 aliphatic rings. The molecule has 178 valence electrons. The van der Waals surface area contributed by atoms with E-state index in [1.54, 1.807) is 12.1 Å². The van der Waals surface area contributed by atoms with Gasteiger partial charge in [0.25, 0.3) is 0 Å². The average Bonchev–Trinajstić information content (AvgIpc) is 2.87. The highest BCUT2D eigenvalue weighted by molar-refractivity contribution is 5.77. The number of rotatable bonds is 13.